The maximum Gasteiger partial charge on any atom is 0.0909 e. The first-order valence-electron chi connectivity index (χ1n) is 5.71. The average molecular weight is 230 g/mol. The zero-order valence-corrected chi connectivity index (χ0v) is 11.5. The summed E-state index contributed by atoms with van der Waals surface area (Å²) >= 11 is 0. The van der Waals surface area contributed by atoms with Gasteiger partial charge in [-0.05, 0) is 32.0 Å². The molecule has 2 rings (SSSR count). The highest BCUT2D eigenvalue weighted by Gasteiger charge is 2.09. The van der Waals surface area contributed by atoms with Gasteiger partial charge in [-0.15, -0.1) is 0 Å². The van der Waals surface area contributed by atoms with E-state index in [4.69, 9.17) is 0 Å². The number of hydrogen-bond donors (Lipinski definition) is 0. The van der Waals surface area contributed by atoms with Crippen LogP contribution in [0.25, 0.3) is 5.69 Å². The molecule has 3 heteroatoms. The van der Waals surface area contributed by atoms with Gasteiger partial charge in [0.1, 0.15) is 0 Å². The molecule has 1 aromatic carbocycles. The van der Waals surface area contributed by atoms with Crippen molar-refractivity contribution in [2.24, 2.45) is 0 Å². The van der Waals surface area contributed by atoms with Crippen LogP contribution in [0.3, 0.4) is 0 Å². The molecule has 84 valence electrons. The maximum atomic E-state index is 4.69. The molecular weight excluding hydrogens is 212 g/mol. The van der Waals surface area contributed by atoms with Gasteiger partial charge >= 0.3 is 0 Å². The summed E-state index contributed by atoms with van der Waals surface area (Å²) in [5.74, 6) is 0. The van der Waals surface area contributed by atoms with E-state index in [1.165, 1.54) is 16.6 Å². The highest BCUT2D eigenvalue weighted by molar-refractivity contribution is 6.69. The molecule has 0 saturated carbocycles. The van der Waals surface area contributed by atoms with Crippen LogP contribution >= 0.6 is 0 Å². The summed E-state index contributed by atoms with van der Waals surface area (Å²) in [5.41, 5.74) is 3.66. The van der Waals surface area contributed by atoms with Crippen LogP contribution in [0.1, 0.15) is 11.3 Å². The Morgan fingerprint density at radius 2 is 1.69 bits per heavy atom. The molecule has 2 aromatic rings. The first-order valence-corrected chi connectivity index (χ1v) is 8.60. The topological polar surface area (TPSA) is 17.8 Å². The van der Waals surface area contributed by atoms with Crippen LogP contribution in [0.15, 0.2) is 30.3 Å². The van der Waals surface area contributed by atoms with Crippen molar-refractivity contribution in [3.8, 4) is 5.69 Å². The molecule has 0 aliphatic heterocycles. The van der Waals surface area contributed by atoms with E-state index in [9.17, 15) is 0 Å². The number of hydrogen-bond acceptors (Lipinski definition) is 1. The van der Waals surface area contributed by atoms with Crippen molar-refractivity contribution in [3.63, 3.8) is 0 Å². The Morgan fingerprint density at radius 1 is 1.06 bits per heavy atom. The fraction of sp³-hybridized carbons (Fsp3) is 0.308. The second-order valence-electron chi connectivity index (χ2n) is 4.61. The second kappa shape index (κ2) is 4.26. The smallest absolute Gasteiger partial charge is 0.0909 e. The summed E-state index contributed by atoms with van der Waals surface area (Å²) in [7, 11) is -0.801. The van der Waals surface area contributed by atoms with E-state index in [1.54, 1.807) is 0 Å². The van der Waals surface area contributed by atoms with E-state index in [0.717, 1.165) is 5.69 Å². The van der Waals surface area contributed by atoms with Gasteiger partial charge in [0.15, 0.2) is 0 Å². The molecule has 0 bridgehead atoms. The van der Waals surface area contributed by atoms with Crippen molar-refractivity contribution in [3.05, 3.63) is 41.6 Å². The van der Waals surface area contributed by atoms with Gasteiger partial charge in [-0.3, -0.25) is 0 Å². The largest absolute Gasteiger partial charge is 0.238 e. The molecule has 0 unspecified atom stereocenters. The lowest BCUT2D eigenvalue weighted by Crippen LogP contribution is -2.24. The zero-order chi connectivity index (χ0) is 11.7. The van der Waals surface area contributed by atoms with Crippen LogP contribution in [0.4, 0.5) is 0 Å². The predicted octanol–water partition coefficient (Wildman–Crippen LogP) is 2.18. The lowest BCUT2D eigenvalue weighted by molar-refractivity contribution is 0.854. The summed E-state index contributed by atoms with van der Waals surface area (Å²) in [6.07, 6.45) is 0. The Kier molecular flexibility index (Phi) is 2.96. The fourth-order valence-corrected chi connectivity index (χ4v) is 2.65. The predicted molar refractivity (Wildman–Crippen MR) is 71.5 cm³/mol. The molecule has 16 heavy (non-hydrogen) atoms. The molecule has 2 nitrogen and oxygen atoms in total. The van der Waals surface area contributed by atoms with Gasteiger partial charge < -0.3 is 0 Å². The number of benzene rings is 1. The van der Waals surface area contributed by atoms with Crippen LogP contribution in [-0.4, -0.2) is 18.6 Å². The van der Waals surface area contributed by atoms with Gasteiger partial charge in [-0.1, -0.05) is 30.8 Å². The molecule has 0 atom stereocenters. The Morgan fingerprint density at radius 3 is 2.19 bits per heavy atom. The average Bonchev–Trinajstić information content (AvgIpc) is 2.62. The normalized spacial score (nSPS) is 11.1. The first-order chi connectivity index (χ1) is 7.58. The lowest BCUT2D eigenvalue weighted by Gasteiger charge is -2.04. The van der Waals surface area contributed by atoms with E-state index in [-0.39, 0.29) is 0 Å². The Hall–Kier alpha value is -1.35. The Bertz CT molecular complexity index is 483. The van der Waals surface area contributed by atoms with Crippen molar-refractivity contribution in [1.29, 1.82) is 0 Å². The minimum absolute atomic E-state index is 0.801. The third kappa shape index (κ3) is 2.09. The van der Waals surface area contributed by atoms with E-state index in [1.807, 2.05) is 4.68 Å². The molecule has 1 heterocycles. The molecule has 0 saturated heterocycles. The summed E-state index contributed by atoms with van der Waals surface area (Å²) in [5, 5.41) is 5.98. The maximum absolute atomic E-state index is 4.69. The number of rotatable bonds is 2. The summed E-state index contributed by atoms with van der Waals surface area (Å²) in [4.78, 5) is 0. The second-order valence-corrected chi connectivity index (χ2v) is 7.51. The SMILES string of the molecule is Cc1ccc(-n2nc([SiH](C)C)cc2C)cc1. The lowest BCUT2D eigenvalue weighted by atomic mass is 10.2. The summed E-state index contributed by atoms with van der Waals surface area (Å²) < 4.78 is 2.04. The van der Waals surface area contributed by atoms with E-state index < -0.39 is 8.80 Å². The van der Waals surface area contributed by atoms with Crippen LogP contribution < -0.4 is 5.32 Å². The Balaban J connectivity index is 2.44. The van der Waals surface area contributed by atoms with Gasteiger partial charge in [-0.2, -0.15) is 5.10 Å². The number of aromatic nitrogens is 2. The summed E-state index contributed by atoms with van der Waals surface area (Å²) in [6, 6.07) is 10.7. The molecule has 0 radical (unpaired) electrons. The highest BCUT2D eigenvalue weighted by Crippen LogP contribution is 2.10. The molecule has 0 aliphatic carbocycles. The first kappa shape index (κ1) is 11.1. The molecule has 1 aromatic heterocycles. The van der Waals surface area contributed by atoms with Crippen LogP contribution in [0.5, 0.6) is 0 Å². The van der Waals surface area contributed by atoms with Gasteiger partial charge in [0, 0.05) is 11.0 Å². The minimum atomic E-state index is -0.801. The van der Waals surface area contributed by atoms with Crippen molar-refractivity contribution in [2.45, 2.75) is 26.9 Å². The molecular formula is C13H18N2Si. The van der Waals surface area contributed by atoms with Gasteiger partial charge in [0.2, 0.25) is 0 Å². The fourth-order valence-electron chi connectivity index (χ4n) is 1.73. The van der Waals surface area contributed by atoms with Gasteiger partial charge in [0.25, 0.3) is 0 Å². The number of nitrogens with zero attached hydrogens (tertiary/aromatic N) is 2. The van der Waals surface area contributed by atoms with Gasteiger partial charge in [0.05, 0.1) is 14.5 Å². The van der Waals surface area contributed by atoms with Crippen molar-refractivity contribution in [1.82, 2.24) is 9.78 Å². The minimum Gasteiger partial charge on any atom is -0.238 e. The summed E-state index contributed by atoms with van der Waals surface area (Å²) in [6.45, 7) is 8.84. The van der Waals surface area contributed by atoms with E-state index in [2.05, 4.69) is 62.4 Å². The molecule has 0 spiro atoms. The van der Waals surface area contributed by atoms with Crippen molar-refractivity contribution < 1.29 is 0 Å². The molecule has 0 amide bonds. The quantitative estimate of drug-likeness (QED) is 0.723. The number of aryl methyl sites for hydroxylation is 2. The molecule has 0 aliphatic rings. The van der Waals surface area contributed by atoms with Crippen molar-refractivity contribution >= 4 is 14.1 Å². The van der Waals surface area contributed by atoms with Crippen LogP contribution in [0, 0.1) is 13.8 Å². The third-order valence-corrected chi connectivity index (χ3v) is 4.24. The Labute approximate surface area is 98.5 Å². The van der Waals surface area contributed by atoms with Gasteiger partial charge in [-0.25, -0.2) is 4.68 Å². The molecule has 0 fully saturated rings. The molecule has 0 N–H and O–H groups in total. The monoisotopic (exact) mass is 230 g/mol. The standard InChI is InChI=1S/C13H18N2Si/c1-10-5-7-12(8-6-10)15-11(2)9-13(14-15)16(3)4/h5-9,16H,1-4H3. The van der Waals surface area contributed by atoms with E-state index >= 15 is 0 Å². The zero-order valence-electron chi connectivity index (χ0n) is 10.4. The highest BCUT2D eigenvalue weighted by atomic mass is 28.3. The van der Waals surface area contributed by atoms with Crippen molar-refractivity contribution in [2.75, 3.05) is 0 Å². The van der Waals surface area contributed by atoms with Crippen LogP contribution in [-0.2, 0) is 0 Å². The van der Waals surface area contributed by atoms with Crippen LogP contribution in [0.2, 0.25) is 13.1 Å². The van der Waals surface area contributed by atoms with E-state index in [0.29, 0.717) is 0 Å². The third-order valence-electron chi connectivity index (χ3n) is 2.78.